The van der Waals surface area contributed by atoms with Crippen LogP contribution >= 0.6 is 0 Å². The van der Waals surface area contributed by atoms with E-state index in [0.29, 0.717) is 17.1 Å². The Kier molecular flexibility index (Phi) is 6.51. The number of aryl methyl sites for hydroxylation is 2. The molecule has 0 atom stereocenters. The highest BCUT2D eigenvalue weighted by molar-refractivity contribution is 7.89. The van der Waals surface area contributed by atoms with Crippen molar-refractivity contribution >= 4 is 21.7 Å². The Morgan fingerprint density at radius 3 is 2.68 bits per heavy atom. The Bertz CT molecular complexity index is 935. The first-order chi connectivity index (χ1) is 13.4. The quantitative estimate of drug-likeness (QED) is 0.662. The normalized spacial score (nSPS) is 14.1. The summed E-state index contributed by atoms with van der Waals surface area (Å²) in [4.78, 5) is 12.4. The van der Waals surface area contributed by atoms with Crippen molar-refractivity contribution in [1.29, 1.82) is 0 Å². The number of hydrogen-bond donors (Lipinski definition) is 2. The molecule has 152 valence electrons. The zero-order chi connectivity index (χ0) is 20.1. The van der Waals surface area contributed by atoms with Crippen molar-refractivity contribution in [2.24, 2.45) is 0 Å². The van der Waals surface area contributed by atoms with Crippen molar-refractivity contribution in [1.82, 2.24) is 14.5 Å². The highest BCUT2D eigenvalue weighted by atomic mass is 32.2. The highest BCUT2D eigenvalue weighted by Crippen LogP contribution is 2.24. The van der Waals surface area contributed by atoms with E-state index in [1.807, 2.05) is 19.9 Å². The second kappa shape index (κ2) is 8.87. The number of amides is 1. The van der Waals surface area contributed by atoms with Gasteiger partial charge in [0.1, 0.15) is 5.82 Å². The van der Waals surface area contributed by atoms with E-state index in [2.05, 4.69) is 15.1 Å². The van der Waals surface area contributed by atoms with Crippen molar-refractivity contribution in [2.45, 2.75) is 63.3 Å². The Balaban J connectivity index is 1.49. The second-order valence-electron chi connectivity index (χ2n) is 7.44. The highest BCUT2D eigenvalue weighted by Gasteiger charge is 2.17. The Morgan fingerprint density at radius 1 is 1.18 bits per heavy atom. The molecule has 0 fully saturated rings. The fraction of sp³-hybridized carbons (Fsp3) is 0.500. The fourth-order valence-electron chi connectivity index (χ4n) is 3.45. The Labute approximate surface area is 166 Å². The number of fused-ring (bicyclic) bond motifs is 1. The van der Waals surface area contributed by atoms with E-state index >= 15 is 0 Å². The van der Waals surface area contributed by atoms with Crippen LogP contribution in [-0.2, 0) is 27.7 Å². The van der Waals surface area contributed by atoms with Crippen LogP contribution in [0.25, 0.3) is 0 Å². The molecule has 1 aromatic carbocycles. The number of benzene rings is 1. The molecule has 8 heteroatoms. The lowest BCUT2D eigenvalue weighted by atomic mass is 9.92. The molecular formula is C20H28N4O3S. The average Bonchev–Trinajstić information content (AvgIpc) is 3.13. The summed E-state index contributed by atoms with van der Waals surface area (Å²) in [5.74, 6) is 0.491. The molecule has 0 aliphatic heterocycles. The zero-order valence-corrected chi connectivity index (χ0v) is 17.3. The zero-order valence-electron chi connectivity index (χ0n) is 16.4. The van der Waals surface area contributed by atoms with Gasteiger partial charge >= 0.3 is 0 Å². The van der Waals surface area contributed by atoms with Crippen LogP contribution in [0.1, 0.15) is 56.7 Å². The van der Waals surface area contributed by atoms with Crippen LogP contribution in [0.5, 0.6) is 0 Å². The van der Waals surface area contributed by atoms with Crippen molar-refractivity contribution in [3.63, 3.8) is 0 Å². The topological polar surface area (TPSA) is 93.1 Å². The lowest BCUT2D eigenvalue weighted by Crippen LogP contribution is -2.26. The van der Waals surface area contributed by atoms with Crippen LogP contribution < -0.4 is 10.0 Å². The monoisotopic (exact) mass is 404 g/mol. The summed E-state index contributed by atoms with van der Waals surface area (Å²) in [7, 11) is -3.56. The lowest BCUT2D eigenvalue weighted by Gasteiger charge is -2.16. The number of aromatic nitrogens is 2. The van der Waals surface area contributed by atoms with Crippen molar-refractivity contribution < 1.29 is 13.2 Å². The first-order valence-corrected chi connectivity index (χ1v) is 11.3. The summed E-state index contributed by atoms with van der Waals surface area (Å²) in [6.45, 7) is 4.19. The number of carbonyl (C=O) groups excluding carboxylic acids is 1. The Morgan fingerprint density at radius 2 is 1.93 bits per heavy atom. The van der Waals surface area contributed by atoms with Gasteiger partial charge in [0.25, 0.3) is 0 Å². The van der Waals surface area contributed by atoms with E-state index in [1.54, 1.807) is 29.1 Å². The Hall–Kier alpha value is -2.19. The first kappa shape index (κ1) is 20.5. The number of sulfonamides is 1. The van der Waals surface area contributed by atoms with Crippen molar-refractivity contribution in [2.75, 3.05) is 11.9 Å². The average molecular weight is 405 g/mol. The molecule has 3 rings (SSSR count). The van der Waals surface area contributed by atoms with Crippen molar-refractivity contribution in [3.8, 4) is 0 Å². The molecule has 2 aromatic rings. The fourth-order valence-corrected chi connectivity index (χ4v) is 4.57. The van der Waals surface area contributed by atoms with Gasteiger partial charge in [0.2, 0.25) is 15.9 Å². The molecule has 1 aromatic heterocycles. The van der Waals surface area contributed by atoms with Gasteiger partial charge in [-0.15, -0.1) is 0 Å². The summed E-state index contributed by atoms with van der Waals surface area (Å²) in [5, 5.41) is 6.99. The van der Waals surface area contributed by atoms with Gasteiger partial charge in [0, 0.05) is 25.1 Å². The molecule has 0 saturated carbocycles. The van der Waals surface area contributed by atoms with Gasteiger partial charge in [-0.1, -0.05) is 6.07 Å². The third-order valence-electron chi connectivity index (χ3n) is 4.93. The van der Waals surface area contributed by atoms with E-state index in [1.165, 1.54) is 5.56 Å². The summed E-state index contributed by atoms with van der Waals surface area (Å²) >= 11 is 0. The van der Waals surface area contributed by atoms with Gasteiger partial charge in [0.15, 0.2) is 0 Å². The van der Waals surface area contributed by atoms with Crippen LogP contribution in [-0.4, -0.2) is 30.7 Å². The van der Waals surface area contributed by atoms with Crippen LogP contribution in [0, 0.1) is 0 Å². The number of carbonyl (C=O) groups is 1. The predicted octanol–water partition coefficient (Wildman–Crippen LogP) is 3.04. The standard InChI is InChI=1S/C20H28N4O3S/c1-15(2)24-19(11-13-21-24)23-20(25)8-5-12-22-28(26,27)18-10-9-16-6-3-4-7-17(16)14-18/h9-11,13-15,22H,3-8,12H2,1-2H3,(H,23,25). The maximum atomic E-state index is 12.5. The number of nitrogens with zero attached hydrogens (tertiary/aromatic N) is 2. The van der Waals surface area contributed by atoms with E-state index in [-0.39, 0.29) is 24.9 Å². The lowest BCUT2D eigenvalue weighted by molar-refractivity contribution is -0.116. The molecule has 1 heterocycles. The number of rotatable bonds is 8. The summed E-state index contributed by atoms with van der Waals surface area (Å²) in [6.07, 6.45) is 6.52. The third-order valence-corrected chi connectivity index (χ3v) is 6.39. The molecule has 1 aliphatic carbocycles. The number of anilines is 1. The maximum absolute atomic E-state index is 12.5. The summed E-state index contributed by atoms with van der Waals surface area (Å²) in [6, 6.07) is 7.28. The van der Waals surface area contributed by atoms with Crippen LogP contribution in [0.15, 0.2) is 35.4 Å². The van der Waals surface area contributed by atoms with E-state index in [0.717, 1.165) is 31.2 Å². The molecular weight excluding hydrogens is 376 g/mol. The summed E-state index contributed by atoms with van der Waals surface area (Å²) < 4.78 is 29.4. The molecule has 1 amide bonds. The van der Waals surface area contributed by atoms with Gasteiger partial charge in [-0.3, -0.25) is 4.79 Å². The minimum Gasteiger partial charge on any atom is -0.311 e. The number of nitrogens with one attached hydrogen (secondary N) is 2. The smallest absolute Gasteiger partial charge is 0.240 e. The molecule has 0 saturated heterocycles. The largest absolute Gasteiger partial charge is 0.311 e. The van der Waals surface area contributed by atoms with Crippen LogP contribution in [0.3, 0.4) is 0 Å². The van der Waals surface area contributed by atoms with E-state index < -0.39 is 10.0 Å². The molecule has 2 N–H and O–H groups in total. The van der Waals surface area contributed by atoms with Gasteiger partial charge in [-0.05, 0) is 69.2 Å². The minimum absolute atomic E-state index is 0.147. The first-order valence-electron chi connectivity index (χ1n) is 9.81. The van der Waals surface area contributed by atoms with Gasteiger partial charge in [-0.25, -0.2) is 17.8 Å². The molecule has 0 bridgehead atoms. The van der Waals surface area contributed by atoms with Crippen LogP contribution in [0.4, 0.5) is 5.82 Å². The minimum atomic E-state index is -3.56. The van der Waals surface area contributed by atoms with E-state index in [9.17, 15) is 13.2 Å². The third kappa shape index (κ3) is 4.99. The van der Waals surface area contributed by atoms with Gasteiger partial charge in [0.05, 0.1) is 11.1 Å². The van der Waals surface area contributed by atoms with Gasteiger partial charge in [-0.2, -0.15) is 5.10 Å². The molecule has 0 spiro atoms. The molecule has 0 unspecified atom stereocenters. The van der Waals surface area contributed by atoms with E-state index in [4.69, 9.17) is 0 Å². The predicted molar refractivity (Wildman–Crippen MR) is 109 cm³/mol. The van der Waals surface area contributed by atoms with Gasteiger partial charge < -0.3 is 5.32 Å². The molecule has 7 nitrogen and oxygen atoms in total. The second-order valence-corrected chi connectivity index (χ2v) is 9.21. The summed E-state index contributed by atoms with van der Waals surface area (Å²) in [5.41, 5.74) is 2.39. The number of hydrogen-bond acceptors (Lipinski definition) is 4. The molecule has 0 radical (unpaired) electrons. The molecule has 1 aliphatic rings. The van der Waals surface area contributed by atoms with Crippen LogP contribution in [0.2, 0.25) is 0 Å². The SMILES string of the molecule is CC(C)n1nccc1NC(=O)CCCNS(=O)(=O)c1ccc2c(c1)CCCC2. The van der Waals surface area contributed by atoms with Crippen molar-refractivity contribution in [3.05, 3.63) is 41.6 Å². The molecule has 28 heavy (non-hydrogen) atoms. The maximum Gasteiger partial charge on any atom is 0.240 e.